The van der Waals surface area contributed by atoms with E-state index in [0.29, 0.717) is 16.5 Å². The number of primary amides is 1. The van der Waals surface area contributed by atoms with Gasteiger partial charge in [-0.05, 0) is 13.3 Å². The number of carbonyl (C=O) groups is 2. The third-order valence-corrected chi connectivity index (χ3v) is 4.75. The lowest BCUT2D eigenvalue weighted by atomic mass is 10.3. The van der Waals surface area contributed by atoms with Crippen molar-refractivity contribution in [3.05, 3.63) is 10.6 Å². The number of hydrogen-bond acceptors (Lipinski definition) is 5. The molecule has 1 rings (SSSR count). The normalized spacial score (nSPS) is 12.4. The molecule has 0 radical (unpaired) electrons. The van der Waals surface area contributed by atoms with Gasteiger partial charge in [0.2, 0.25) is 5.91 Å². The van der Waals surface area contributed by atoms with Gasteiger partial charge >= 0.3 is 5.97 Å². The summed E-state index contributed by atoms with van der Waals surface area (Å²) in [5, 5.41) is 8.41. The van der Waals surface area contributed by atoms with Crippen LogP contribution >= 0.6 is 23.1 Å². The van der Waals surface area contributed by atoms with E-state index in [0.717, 1.165) is 4.88 Å². The number of carbonyl (C=O) groups excluding carboxylic acids is 1. The number of aryl methyl sites for hydroxylation is 1. The maximum absolute atomic E-state index is 11.1. The van der Waals surface area contributed by atoms with Crippen molar-refractivity contribution in [1.82, 2.24) is 4.98 Å². The van der Waals surface area contributed by atoms with Gasteiger partial charge in [0.1, 0.15) is 0 Å². The fourth-order valence-electron chi connectivity index (χ4n) is 1.22. The molecule has 0 fully saturated rings. The van der Waals surface area contributed by atoms with E-state index in [4.69, 9.17) is 10.8 Å². The highest BCUT2D eigenvalue weighted by molar-refractivity contribution is 8.02. The Labute approximate surface area is 107 Å². The number of carboxylic acid groups (broad SMARTS) is 1. The van der Waals surface area contributed by atoms with Gasteiger partial charge in [-0.2, -0.15) is 0 Å². The molecule has 0 saturated carbocycles. The quantitative estimate of drug-likeness (QED) is 0.765. The molecular weight excluding hydrogens is 260 g/mol. The molecule has 0 saturated heterocycles. The largest absolute Gasteiger partial charge is 0.481 e. The Morgan fingerprint density at radius 1 is 1.59 bits per heavy atom. The summed E-state index contributed by atoms with van der Waals surface area (Å²) in [7, 11) is 0. The average molecular weight is 274 g/mol. The van der Waals surface area contributed by atoms with Crippen LogP contribution in [0.1, 0.15) is 23.9 Å². The minimum Gasteiger partial charge on any atom is -0.481 e. The van der Waals surface area contributed by atoms with Crippen molar-refractivity contribution < 1.29 is 14.7 Å². The smallest absolute Gasteiger partial charge is 0.308 e. The third-order valence-electron chi connectivity index (χ3n) is 2.12. The summed E-state index contributed by atoms with van der Waals surface area (Å²) in [6.07, 6.45) is 0.602. The van der Waals surface area contributed by atoms with E-state index in [1.807, 2.05) is 6.92 Å². The lowest BCUT2D eigenvalue weighted by Crippen LogP contribution is -2.24. The van der Waals surface area contributed by atoms with Crippen molar-refractivity contribution in [1.29, 1.82) is 0 Å². The number of thiazole rings is 1. The van der Waals surface area contributed by atoms with Gasteiger partial charge in [0.25, 0.3) is 0 Å². The molecule has 3 N–H and O–H groups in total. The summed E-state index contributed by atoms with van der Waals surface area (Å²) in [4.78, 5) is 26.7. The molecular formula is C10H14N2O3S2. The van der Waals surface area contributed by atoms with E-state index in [1.54, 1.807) is 6.92 Å². The fourth-order valence-corrected chi connectivity index (χ4v) is 3.56. The van der Waals surface area contributed by atoms with Gasteiger partial charge in [0, 0.05) is 4.88 Å². The van der Waals surface area contributed by atoms with Gasteiger partial charge in [-0.25, -0.2) is 4.98 Å². The molecule has 0 bridgehead atoms. The first kappa shape index (κ1) is 14.0. The van der Waals surface area contributed by atoms with Crippen LogP contribution in [0.5, 0.6) is 0 Å². The summed E-state index contributed by atoms with van der Waals surface area (Å²) in [5.41, 5.74) is 5.95. The zero-order valence-corrected chi connectivity index (χ0v) is 11.2. The fraction of sp³-hybridized carbons (Fsp3) is 0.500. The predicted octanol–water partition coefficient (Wildman–Crippen LogP) is 1.43. The van der Waals surface area contributed by atoms with Gasteiger partial charge in [-0.3, -0.25) is 9.59 Å². The lowest BCUT2D eigenvalue weighted by Gasteiger charge is -2.06. The topological polar surface area (TPSA) is 93.3 Å². The standard InChI is InChI=1S/C10H14N2O3S2/c1-3-6(9(11)15)16-10-12-5(2)7(17-10)4-8(13)14/h6H,3-4H2,1-2H3,(H2,11,15)(H,13,14). The van der Waals surface area contributed by atoms with Crippen LogP contribution in [0.15, 0.2) is 4.34 Å². The lowest BCUT2D eigenvalue weighted by molar-refractivity contribution is -0.136. The number of carboxylic acids is 1. The second-order valence-electron chi connectivity index (χ2n) is 3.48. The minimum atomic E-state index is -0.879. The van der Waals surface area contributed by atoms with Crippen molar-refractivity contribution in [3.63, 3.8) is 0 Å². The molecule has 0 aliphatic carbocycles. The van der Waals surface area contributed by atoms with Gasteiger partial charge in [-0.1, -0.05) is 18.7 Å². The molecule has 7 heteroatoms. The van der Waals surface area contributed by atoms with E-state index >= 15 is 0 Å². The molecule has 0 aliphatic heterocycles. The molecule has 1 heterocycles. The van der Waals surface area contributed by atoms with Crippen molar-refractivity contribution in [2.75, 3.05) is 0 Å². The number of nitrogens with zero attached hydrogens (tertiary/aromatic N) is 1. The van der Waals surface area contributed by atoms with Crippen molar-refractivity contribution in [3.8, 4) is 0 Å². The first-order valence-corrected chi connectivity index (χ1v) is 6.77. The molecule has 0 aromatic carbocycles. The summed E-state index contributed by atoms with van der Waals surface area (Å²) >= 11 is 2.61. The number of nitrogens with two attached hydrogens (primary N) is 1. The zero-order chi connectivity index (χ0) is 13.0. The molecule has 94 valence electrons. The zero-order valence-electron chi connectivity index (χ0n) is 9.60. The number of aromatic nitrogens is 1. The Kier molecular flexibility index (Phi) is 4.95. The number of aliphatic carboxylic acids is 1. The van der Waals surface area contributed by atoms with Crippen LogP contribution < -0.4 is 5.73 Å². The van der Waals surface area contributed by atoms with Gasteiger partial charge in [0.15, 0.2) is 4.34 Å². The summed E-state index contributed by atoms with van der Waals surface area (Å²) in [6, 6.07) is 0. The molecule has 1 unspecified atom stereocenters. The predicted molar refractivity (Wildman–Crippen MR) is 67.3 cm³/mol. The minimum absolute atomic E-state index is 0.0303. The number of thioether (sulfide) groups is 1. The van der Waals surface area contributed by atoms with E-state index in [9.17, 15) is 9.59 Å². The van der Waals surface area contributed by atoms with E-state index < -0.39 is 5.97 Å². The first-order chi connectivity index (χ1) is 7.93. The van der Waals surface area contributed by atoms with Crippen molar-refractivity contribution in [2.24, 2.45) is 5.73 Å². The van der Waals surface area contributed by atoms with Crippen LogP contribution in [0.3, 0.4) is 0 Å². The van der Waals surface area contributed by atoms with E-state index in [2.05, 4.69) is 4.98 Å². The van der Waals surface area contributed by atoms with Crippen molar-refractivity contribution >= 4 is 35.0 Å². The highest BCUT2D eigenvalue weighted by atomic mass is 32.2. The number of amides is 1. The Balaban J connectivity index is 2.79. The maximum atomic E-state index is 11.1. The molecule has 0 spiro atoms. The summed E-state index contributed by atoms with van der Waals surface area (Å²) in [6.45, 7) is 3.64. The van der Waals surface area contributed by atoms with Crippen LogP contribution in [0, 0.1) is 6.92 Å². The van der Waals surface area contributed by atoms with Crippen LogP contribution in [0.25, 0.3) is 0 Å². The highest BCUT2D eigenvalue weighted by Gasteiger charge is 2.18. The Bertz CT molecular complexity index is 431. The summed E-state index contributed by atoms with van der Waals surface area (Å²) in [5.74, 6) is -1.25. The average Bonchev–Trinajstić information content (AvgIpc) is 2.54. The molecule has 1 aromatic heterocycles. The SMILES string of the molecule is CCC(Sc1nc(C)c(CC(=O)O)s1)C(N)=O. The Hall–Kier alpha value is -1.08. The van der Waals surface area contributed by atoms with Crippen LogP contribution in [0.2, 0.25) is 0 Å². The van der Waals surface area contributed by atoms with Crippen LogP contribution in [-0.2, 0) is 16.0 Å². The maximum Gasteiger partial charge on any atom is 0.308 e. The first-order valence-electron chi connectivity index (χ1n) is 5.08. The van der Waals surface area contributed by atoms with Crippen LogP contribution in [-0.4, -0.2) is 27.2 Å². The highest BCUT2D eigenvalue weighted by Crippen LogP contribution is 2.31. The summed E-state index contributed by atoms with van der Waals surface area (Å²) < 4.78 is 0.699. The van der Waals surface area contributed by atoms with Gasteiger partial charge in [0.05, 0.1) is 17.4 Å². The number of rotatable bonds is 6. The molecule has 1 atom stereocenters. The second kappa shape index (κ2) is 6.02. The van der Waals surface area contributed by atoms with E-state index in [-0.39, 0.29) is 17.6 Å². The van der Waals surface area contributed by atoms with Crippen molar-refractivity contribution in [2.45, 2.75) is 36.3 Å². The van der Waals surface area contributed by atoms with E-state index in [1.165, 1.54) is 23.1 Å². The van der Waals surface area contributed by atoms with Crippen LogP contribution in [0.4, 0.5) is 0 Å². The second-order valence-corrected chi connectivity index (χ2v) is 6.01. The molecule has 5 nitrogen and oxygen atoms in total. The number of hydrogen-bond donors (Lipinski definition) is 2. The monoisotopic (exact) mass is 274 g/mol. The molecule has 1 aromatic rings. The molecule has 17 heavy (non-hydrogen) atoms. The molecule has 1 amide bonds. The Morgan fingerprint density at radius 3 is 2.71 bits per heavy atom. The van der Waals surface area contributed by atoms with Gasteiger partial charge < -0.3 is 10.8 Å². The Morgan fingerprint density at radius 2 is 2.24 bits per heavy atom. The van der Waals surface area contributed by atoms with Gasteiger partial charge in [-0.15, -0.1) is 11.3 Å². The third kappa shape index (κ3) is 4.01. The molecule has 0 aliphatic rings.